The summed E-state index contributed by atoms with van der Waals surface area (Å²) < 4.78 is 69.0. The second kappa shape index (κ2) is 3.94. The van der Waals surface area contributed by atoms with E-state index < -0.39 is 28.7 Å². The molecule has 1 aromatic rings. The van der Waals surface area contributed by atoms with Crippen LogP contribution in [0.25, 0.3) is 0 Å². The van der Waals surface area contributed by atoms with E-state index in [9.17, 15) is 21.6 Å². The summed E-state index contributed by atoms with van der Waals surface area (Å²) >= 11 is 0. The largest absolute Gasteiger partial charge is 0.446 e. The van der Waals surface area contributed by atoms with Gasteiger partial charge in [0.05, 0.1) is 4.90 Å². The summed E-state index contributed by atoms with van der Waals surface area (Å²) in [6.45, 7) is 0.903. The Morgan fingerprint density at radius 2 is 1.78 bits per heavy atom. The van der Waals surface area contributed by atoms with Crippen LogP contribution in [0.2, 0.25) is 0 Å². The number of ether oxygens (including phenoxy) is 1. The van der Waals surface area contributed by atoms with Gasteiger partial charge in [-0.2, -0.15) is 21.6 Å². The Kier molecular flexibility index (Phi) is 2.91. The summed E-state index contributed by atoms with van der Waals surface area (Å²) in [7, 11) is -4.50. The van der Waals surface area contributed by atoms with Crippen molar-refractivity contribution in [3.05, 3.63) is 29.8 Å². The molecule has 1 aliphatic rings. The maximum atomic E-state index is 12.5. The van der Waals surface area contributed by atoms with E-state index in [0.717, 1.165) is 5.56 Å². The maximum Gasteiger partial charge on any atom is 0.446 e. The number of hydrogen-bond acceptors (Lipinski definition) is 4. The molecular weight excluding hydrogens is 273 g/mol. The van der Waals surface area contributed by atoms with Crippen molar-refractivity contribution in [1.29, 1.82) is 0 Å². The highest BCUT2D eigenvalue weighted by Crippen LogP contribution is 2.46. The van der Waals surface area contributed by atoms with Crippen LogP contribution in [-0.2, 0) is 19.0 Å². The minimum Gasteiger partial charge on any atom is -0.334 e. The maximum absolute atomic E-state index is 12.5. The van der Waals surface area contributed by atoms with Crippen molar-refractivity contribution < 1.29 is 30.5 Å². The molecule has 1 saturated heterocycles. The van der Waals surface area contributed by atoms with Gasteiger partial charge < -0.3 is 4.74 Å². The number of epoxide rings is 1. The molecule has 8 heteroatoms. The molecule has 0 amide bonds. The molecule has 2 rings (SSSR count). The van der Waals surface area contributed by atoms with Crippen LogP contribution in [0, 0.1) is 6.92 Å². The molecule has 1 unspecified atom stereocenters. The van der Waals surface area contributed by atoms with Gasteiger partial charge in [0.15, 0.2) is 0 Å². The first kappa shape index (κ1) is 13.3. The lowest BCUT2D eigenvalue weighted by molar-refractivity contribution is -0.240. The number of rotatable bonds is 3. The van der Waals surface area contributed by atoms with Crippen LogP contribution in [0.4, 0.5) is 13.2 Å². The molecule has 0 spiro atoms. The Labute approximate surface area is 101 Å². The van der Waals surface area contributed by atoms with Crippen molar-refractivity contribution in [1.82, 2.24) is 0 Å². The normalized spacial score (nSPS) is 24.0. The van der Waals surface area contributed by atoms with Crippen LogP contribution in [0.5, 0.6) is 0 Å². The van der Waals surface area contributed by atoms with E-state index in [-0.39, 0.29) is 4.90 Å². The van der Waals surface area contributed by atoms with E-state index in [2.05, 4.69) is 8.92 Å². The van der Waals surface area contributed by atoms with Gasteiger partial charge in [0.25, 0.3) is 10.1 Å². The van der Waals surface area contributed by atoms with Crippen molar-refractivity contribution in [3.63, 3.8) is 0 Å². The summed E-state index contributed by atoms with van der Waals surface area (Å²) in [5, 5.41) is 0. The molecular formula is C10H9F3O4S. The standard InChI is InChI=1S/C10H9F3O4S/c1-7-2-4-8(5-3-7)18(14,15)17-9(6-16-9)10(11,12)13/h2-5H,6H2,1H3. The minimum absolute atomic E-state index is 0.341. The third-order valence-corrected chi connectivity index (χ3v) is 3.73. The average molecular weight is 282 g/mol. The first-order valence-electron chi connectivity index (χ1n) is 4.89. The fourth-order valence-electron chi connectivity index (χ4n) is 1.25. The molecule has 1 aromatic carbocycles. The average Bonchev–Trinajstić information content (AvgIpc) is 2.97. The van der Waals surface area contributed by atoms with Gasteiger partial charge in [0, 0.05) is 0 Å². The van der Waals surface area contributed by atoms with E-state index in [4.69, 9.17) is 0 Å². The predicted molar refractivity (Wildman–Crippen MR) is 54.2 cm³/mol. The van der Waals surface area contributed by atoms with Crippen molar-refractivity contribution in [2.75, 3.05) is 6.61 Å². The highest BCUT2D eigenvalue weighted by atomic mass is 32.2. The lowest BCUT2D eigenvalue weighted by Gasteiger charge is -2.16. The SMILES string of the molecule is Cc1ccc(S(=O)(=O)OC2(C(F)(F)F)CO2)cc1. The van der Waals surface area contributed by atoms with Crippen molar-refractivity contribution in [2.45, 2.75) is 23.8 Å². The third kappa shape index (κ3) is 2.36. The van der Waals surface area contributed by atoms with Crippen LogP contribution < -0.4 is 0 Å². The van der Waals surface area contributed by atoms with Gasteiger partial charge in [0.1, 0.15) is 6.61 Å². The summed E-state index contributed by atoms with van der Waals surface area (Å²) in [4.78, 5) is -0.341. The lowest BCUT2D eigenvalue weighted by Crippen LogP contribution is -2.37. The summed E-state index contributed by atoms with van der Waals surface area (Å²) in [5.41, 5.74) is 0.780. The van der Waals surface area contributed by atoms with Gasteiger partial charge in [-0.3, -0.25) is 0 Å². The second-order valence-electron chi connectivity index (χ2n) is 3.89. The van der Waals surface area contributed by atoms with Gasteiger partial charge in [0.2, 0.25) is 0 Å². The lowest BCUT2D eigenvalue weighted by atomic mass is 10.2. The van der Waals surface area contributed by atoms with Crippen LogP contribution in [0.3, 0.4) is 0 Å². The fraction of sp³-hybridized carbons (Fsp3) is 0.400. The van der Waals surface area contributed by atoms with Crippen molar-refractivity contribution >= 4 is 10.1 Å². The molecule has 18 heavy (non-hydrogen) atoms. The monoisotopic (exact) mass is 282 g/mol. The highest BCUT2D eigenvalue weighted by Gasteiger charge is 2.70. The van der Waals surface area contributed by atoms with Crippen LogP contribution >= 0.6 is 0 Å². The Morgan fingerprint density at radius 1 is 1.28 bits per heavy atom. The van der Waals surface area contributed by atoms with Crippen LogP contribution in [0.1, 0.15) is 5.56 Å². The van der Waals surface area contributed by atoms with Crippen molar-refractivity contribution in [2.24, 2.45) is 0 Å². The van der Waals surface area contributed by atoms with E-state index in [1.165, 1.54) is 24.3 Å². The Balaban J connectivity index is 2.26. The highest BCUT2D eigenvalue weighted by molar-refractivity contribution is 7.86. The Bertz CT molecular complexity index is 543. The number of alkyl halides is 3. The predicted octanol–water partition coefficient (Wildman–Crippen LogP) is 1.99. The molecule has 1 fully saturated rings. The number of benzene rings is 1. The Hall–Kier alpha value is -1.12. The molecule has 0 aromatic heterocycles. The molecule has 4 nitrogen and oxygen atoms in total. The molecule has 1 aliphatic heterocycles. The number of hydrogen-bond donors (Lipinski definition) is 0. The number of aryl methyl sites for hydroxylation is 1. The quantitative estimate of drug-likeness (QED) is 0.628. The molecule has 0 bridgehead atoms. The topological polar surface area (TPSA) is 55.9 Å². The zero-order chi connectivity index (χ0) is 13.6. The van der Waals surface area contributed by atoms with Crippen LogP contribution in [0.15, 0.2) is 29.2 Å². The first-order valence-corrected chi connectivity index (χ1v) is 6.30. The molecule has 0 saturated carbocycles. The summed E-state index contributed by atoms with van der Waals surface area (Å²) in [6.07, 6.45) is -4.88. The first-order chi connectivity index (χ1) is 8.16. The third-order valence-electron chi connectivity index (χ3n) is 2.39. The summed E-state index contributed by atoms with van der Waals surface area (Å²) in [5.74, 6) is -3.02. The molecule has 0 aliphatic carbocycles. The van der Waals surface area contributed by atoms with E-state index in [1.54, 1.807) is 6.92 Å². The van der Waals surface area contributed by atoms with E-state index in [1.807, 2.05) is 0 Å². The molecule has 0 radical (unpaired) electrons. The molecule has 100 valence electrons. The van der Waals surface area contributed by atoms with Gasteiger partial charge in [-0.25, -0.2) is 4.18 Å². The zero-order valence-electron chi connectivity index (χ0n) is 9.19. The van der Waals surface area contributed by atoms with Gasteiger partial charge in [-0.1, -0.05) is 17.7 Å². The van der Waals surface area contributed by atoms with Gasteiger partial charge in [-0.15, -0.1) is 0 Å². The molecule has 0 N–H and O–H groups in total. The Morgan fingerprint density at radius 3 is 2.17 bits per heavy atom. The molecule has 1 heterocycles. The van der Waals surface area contributed by atoms with Crippen LogP contribution in [-0.4, -0.2) is 27.0 Å². The van der Waals surface area contributed by atoms with Gasteiger partial charge in [-0.05, 0) is 19.1 Å². The smallest absolute Gasteiger partial charge is 0.334 e. The fourth-order valence-corrected chi connectivity index (χ4v) is 2.37. The van der Waals surface area contributed by atoms with E-state index >= 15 is 0 Å². The number of halogens is 3. The zero-order valence-corrected chi connectivity index (χ0v) is 10.0. The van der Waals surface area contributed by atoms with Crippen molar-refractivity contribution in [3.8, 4) is 0 Å². The van der Waals surface area contributed by atoms with E-state index in [0.29, 0.717) is 0 Å². The second-order valence-corrected chi connectivity index (χ2v) is 5.44. The summed E-state index contributed by atoms with van der Waals surface area (Å²) in [6, 6.07) is 5.28. The minimum atomic E-state index is -4.88. The molecule has 1 atom stereocenters. The van der Waals surface area contributed by atoms with Gasteiger partial charge >= 0.3 is 12.0 Å².